The van der Waals surface area contributed by atoms with Crippen molar-refractivity contribution in [3.05, 3.63) is 33.8 Å². The first kappa shape index (κ1) is 15.2. The number of hydrogen-bond acceptors (Lipinski definition) is 4. The summed E-state index contributed by atoms with van der Waals surface area (Å²) in [6.07, 6.45) is -0.844. The van der Waals surface area contributed by atoms with E-state index in [0.717, 1.165) is 0 Å². The number of aliphatic hydroxyl groups is 1. The zero-order valence-corrected chi connectivity index (χ0v) is 11.6. The summed E-state index contributed by atoms with van der Waals surface area (Å²) < 4.78 is 4.56. The molecule has 0 saturated carbocycles. The average Bonchev–Trinajstić information content (AvgIpc) is 2.37. The van der Waals surface area contributed by atoms with Crippen molar-refractivity contribution in [3.63, 3.8) is 0 Å². The van der Waals surface area contributed by atoms with Crippen LogP contribution in [0.25, 0.3) is 0 Å². The minimum absolute atomic E-state index is 0.177. The SMILES string of the molecule is COC(=O)C(C)NCC(O)c1cc(Cl)ccc1Cl. The van der Waals surface area contributed by atoms with Gasteiger partial charge in [-0.1, -0.05) is 23.2 Å². The molecule has 0 heterocycles. The van der Waals surface area contributed by atoms with Gasteiger partial charge in [0.15, 0.2) is 0 Å². The molecule has 2 N–H and O–H groups in total. The Morgan fingerprint density at radius 2 is 2.17 bits per heavy atom. The lowest BCUT2D eigenvalue weighted by molar-refractivity contribution is -0.142. The molecule has 6 heteroatoms. The quantitative estimate of drug-likeness (QED) is 0.817. The summed E-state index contributed by atoms with van der Waals surface area (Å²) in [6, 6.07) is 4.36. The molecular weight excluding hydrogens is 277 g/mol. The number of hydrogen-bond donors (Lipinski definition) is 2. The van der Waals surface area contributed by atoms with Gasteiger partial charge in [0.05, 0.1) is 13.2 Å². The van der Waals surface area contributed by atoms with Gasteiger partial charge < -0.3 is 15.2 Å². The van der Waals surface area contributed by atoms with Gasteiger partial charge in [0, 0.05) is 22.2 Å². The van der Waals surface area contributed by atoms with Crippen molar-refractivity contribution in [2.24, 2.45) is 0 Å². The average molecular weight is 292 g/mol. The van der Waals surface area contributed by atoms with E-state index in [1.807, 2.05) is 0 Å². The molecule has 2 atom stereocenters. The second-order valence-corrected chi connectivity index (χ2v) is 4.68. The van der Waals surface area contributed by atoms with Gasteiger partial charge in [0.1, 0.15) is 6.04 Å². The monoisotopic (exact) mass is 291 g/mol. The van der Waals surface area contributed by atoms with Crippen LogP contribution in [0, 0.1) is 0 Å². The molecule has 0 aliphatic rings. The van der Waals surface area contributed by atoms with Gasteiger partial charge >= 0.3 is 5.97 Å². The Morgan fingerprint density at radius 1 is 1.50 bits per heavy atom. The van der Waals surface area contributed by atoms with Gasteiger partial charge in [-0.25, -0.2) is 0 Å². The van der Waals surface area contributed by atoms with Crippen molar-refractivity contribution in [2.75, 3.05) is 13.7 Å². The molecule has 1 aromatic carbocycles. The number of nitrogens with one attached hydrogen (secondary N) is 1. The molecule has 0 saturated heterocycles. The summed E-state index contributed by atoms with van der Waals surface area (Å²) in [5.74, 6) is -0.389. The number of carbonyl (C=O) groups is 1. The molecule has 0 aliphatic heterocycles. The highest BCUT2D eigenvalue weighted by atomic mass is 35.5. The summed E-state index contributed by atoms with van der Waals surface area (Å²) in [7, 11) is 1.31. The first-order valence-electron chi connectivity index (χ1n) is 5.40. The molecule has 2 unspecified atom stereocenters. The smallest absolute Gasteiger partial charge is 0.322 e. The second-order valence-electron chi connectivity index (χ2n) is 3.83. The largest absolute Gasteiger partial charge is 0.468 e. The fourth-order valence-electron chi connectivity index (χ4n) is 1.43. The molecule has 0 aliphatic carbocycles. The first-order valence-corrected chi connectivity index (χ1v) is 6.15. The Labute approximate surface area is 116 Å². The highest BCUT2D eigenvalue weighted by Gasteiger charge is 2.16. The second kappa shape index (κ2) is 6.95. The number of esters is 1. The normalized spacial score (nSPS) is 14.1. The van der Waals surface area contributed by atoms with Gasteiger partial charge in [-0.15, -0.1) is 0 Å². The van der Waals surface area contributed by atoms with E-state index in [4.69, 9.17) is 23.2 Å². The summed E-state index contributed by atoms with van der Waals surface area (Å²) in [4.78, 5) is 11.2. The lowest BCUT2D eigenvalue weighted by Crippen LogP contribution is -2.37. The van der Waals surface area contributed by atoms with E-state index in [-0.39, 0.29) is 12.5 Å². The molecule has 18 heavy (non-hydrogen) atoms. The Balaban J connectivity index is 2.62. The predicted molar refractivity (Wildman–Crippen MR) is 70.9 cm³/mol. The zero-order chi connectivity index (χ0) is 13.7. The molecule has 4 nitrogen and oxygen atoms in total. The van der Waals surface area contributed by atoms with Crippen molar-refractivity contribution >= 4 is 29.2 Å². The predicted octanol–water partition coefficient (Wildman–Crippen LogP) is 2.18. The molecule has 1 aromatic rings. The molecule has 100 valence electrons. The Bertz CT molecular complexity index is 426. The Hall–Kier alpha value is -0.810. The van der Waals surface area contributed by atoms with Crippen molar-refractivity contribution in [1.82, 2.24) is 5.32 Å². The van der Waals surface area contributed by atoms with Gasteiger partial charge in [-0.2, -0.15) is 0 Å². The van der Waals surface area contributed by atoms with Gasteiger partial charge in [-0.05, 0) is 25.1 Å². The fourth-order valence-corrected chi connectivity index (χ4v) is 1.85. The number of carbonyl (C=O) groups excluding carboxylic acids is 1. The van der Waals surface area contributed by atoms with E-state index < -0.39 is 12.1 Å². The van der Waals surface area contributed by atoms with Crippen LogP contribution in [0.1, 0.15) is 18.6 Å². The van der Waals surface area contributed by atoms with E-state index in [1.54, 1.807) is 25.1 Å². The lowest BCUT2D eigenvalue weighted by atomic mass is 10.1. The minimum atomic E-state index is -0.844. The Morgan fingerprint density at radius 3 is 2.78 bits per heavy atom. The van der Waals surface area contributed by atoms with E-state index in [1.165, 1.54) is 7.11 Å². The summed E-state index contributed by atoms with van der Waals surface area (Å²) in [5, 5.41) is 13.7. The highest BCUT2D eigenvalue weighted by molar-refractivity contribution is 6.33. The highest BCUT2D eigenvalue weighted by Crippen LogP contribution is 2.26. The van der Waals surface area contributed by atoms with Crippen LogP contribution in [-0.2, 0) is 9.53 Å². The van der Waals surface area contributed by atoms with Gasteiger partial charge in [-0.3, -0.25) is 4.79 Å². The number of aliphatic hydroxyl groups excluding tert-OH is 1. The molecule has 0 amide bonds. The van der Waals surface area contributed by atoms with Crippen LogP contribution < -0.4 is 5.32 Å². The van der Waals surface area contributed by atoms with Crippen LogP contribution in [0.2, 0.25) is 10.0 Å². The molecule has 0 aromatic heterocycles. The summed E-state index contributed by atoms with van der Waals surface area (Å²) >= 11 is 11.8. The van der Waals surface area contributed by atoms with E-state index >= 15 is 0 Å². The van der Waals surface area contributed by atoms with Crippen molar-refractivity contribution in [3.8, 4) is 0 Å². The zero-order valence-electron chi connectivity index (χ0n) is 10.1. The third-order valence-electron chi connectivity index (χ3n) is 2.49. The molecule has 0 bridgehead atoms. The number of ether oxygens (including phenoxy) is 1. The van der Waals surface area contributed by atoms with Crippen molar-refractivity contribution in [2.45, 2.75) is 19.1 Å². The maximum absolute atomic E-state index is 11.2. The van der Waals surface area contributed by atoms with Crippen molar-refractivity contribution in [1.29, 1.82) is 0 Å². The maximum Gasteiger partial charge on any atom is 0.322 e. The number of halogens is 2. The molecule has 0 fully saturated rings. The van der Waals surface area contributed by atoms with Crippen LogP contribution in [0.5, 0.6) is 0 Å². The van der Waals surface area contributed by atoms with E-state index in [0.29, 0.717) is 15.6 Å². The van der Waals surface area contributed by atoms with Crippen LogP contribution in [0.3, 0.4) is 0 Å². The van der Waals surface area contributed by atoms with Gasteiger partial charge in [0.25, 0.3) is 0 Å². The summed E-state index contributed by atoms with van der Waals surface area (Å²) in [5.41, 5.74) is 0.522. The van der Waals surface area contributed by atoms with Crippen LogP contribution in [0.15, 0.2) is 18.2 Å². The number of rotatable bonds is 5. The summed E-state index contributed by atoms with van der Waals surface area (Å²) in [6.45, 7) is 1.83. The van der Waals surface area contributed by atoms with Crippen molar-refractivity contribution < 1.29 is 14.6 Å². The third kappa shape index (κ3) is 4.14. The molecule has 0 radical (unpaired) electrons. The van der Waals surface area contributed by atoms with E-state index in [2.05, 4.69) is 10.1 Å². The number of methoxy groups -OCH3 is 1. The molecular formula is C12H15Cl2NO3. The molecule has 1 rings (SSSR count). The van der Waals surface area contributed by atoms with Crippen LogP contribution in [-0.4, -0.2) is 30.8 Å². The Kier molecular flexibility index (Phi) is 5.88. The molecule has 0 spiro atoms. The third-order valence-corrected chi connectivity index (χ3v) is 3.07. The first-order chi connectivity index (χ1) is 8.45. The topological polar surface area (TPSA) is 58.6 Å². The lowest BCUT2D eigenvalue weighted by Gasteiger charge is -2.17. The van der Waals surface area contributed by atoms with E-state index in [9.17, 15) is 9.90 Å². The minimum Gasteiger partial charge on any atom is -0.468 e. The van der Waals surface area contributed by atoms with Gasteiger partial charge in [0.2, 0.25) is 0 Å². The number of benzene rings is 1. The van der Waals surface area contributed by atoms with Crippen LogP contribution in [0.4, 0.5) is 0 Å². The maximum atomic E-state index is 11.2. The standard InChI is InChI=1S/C12H15Cl2NO3/c1-7(12(17)18-2)15-6-11(16)9-5-8(13)3-4-10(9)14/h3-5,7,11,15-16H,6H2,1-2H3. The fraction of sp³-hybridized carbons (Fsp3) is 0.417. The van der Waals surface area contributed by atoms with Crippen LogP contribution >= 0.6 is 23.2 Å².